The van der Waals surface area contributed by atoms with Crippen LogP contribution in [0.25, 0.3) is 0 Å². The Balaban J connectivity index is 2.62. The fourth-order valence-corrected chi connectivity index (χ4v) is 1.56. The van der Waals surface area contributed by atoms with Gasteiger partial charge in [0.25, 0.3) is 0 Å². The molecule has 0 spiro atoms. The molecule has 1 aliphatic heterocycles. The molecule has 0 aromatic heterocycles. The first-order valence-corrected chi connectivity index (χ1v) is 4.78. The lowest BCUT2D eigenvalue weighted by Gasteiger charge is -2.23. The summed E-state index contributed by atoms with van der Waals surface area (Å²) >= 11 is 0. The molecule has 0 bridgehead atoms. The Hall–Kier alpha value is -1.89. The summed E-state index contributed by atoms with van der Waals surface area (Å²) in [6.07, 6.45) is 0. The second kappa shape index (κ2) is 4.17. The summed E-state index contributed by atoms with van der Waals surface area (Å²) in [6, 6.07) is -0.900. The van der Waals surface area contributed by atoms with E-state index in [9.17, 15) is 13.6 Å². The molecule has 7 heteroatoms. The molecule has 1 unspecified atom stereocenters. The fraction of sp³-hybridized carbons (Fsp3) is 0.300. The summed E-state index contributed by atoms with van der Waals surface area (Å²) in [5.74, 6) is -4.22. The van der Waals surface area contributed by atoms with Crippen LogP contribution in [-0.2, 0) is 4.79 Å². The van der Waals surface area contributed by atoms with Crippen LogP contribution in [0.2, 0.25) is 0 Å². The summed E-state index contributed by atoms with van der Waals surface area (Å²) in [6.45, 7) is 0.303. The minimum atomic E-state index is -1.71. The predicted octanol–water partition coefficient (Wildman–Crippen LogP) is 0.820. The van der Waals surface area contributed by atoms with Crippen LogP contribution in [0.5, 0.6) is 11.5 Å². The first-order valence-electron chi connectivity index (χ1n) is 4.78. The van der Waals surface area contributed by atoms with Gasteiger partial charge < -0.3 is 20.3 Å². The third kappa shape index (κ3) is 1.89. The summed E-state index contributed by atoms with van der Waals surface area (Å²) in [7, 11) is 0. The van der Waals surface area contributed by atoms with Crippen molar-refractivity contribution in [3.63, 3.8) is 0 Å². The van der Waals surface area contributed by atoms with Gasteiger partial charge in [-0.2, -0.15) is 0 Å². The van der Waals surface area contributed by atoms with Crippen molar-refractivity contribution in [1.82, 2.24) is 0 Å². The quantitative estimate of drug-likeness (QED) is 0.806. The number of halogens is 2. The summed E-state index contributed by atoms with van der Waals surface area (Å²) in [5, 5.41) is 8.74. The normalized spacial score (nSPS) is 15.5. The molecule has 1 atom stereocenters. The van der Waals surface area contributed by atoms with Crippen LogP contribution in [-0.4, -0.2) is 24.3 Å². The lowest BCUT2D eigenvalue weighted by Crippen LogP contribution is -2.26. The van der Waals surface area contributed by atoms with Gasteiger partial charge in [-0.3, -0.25) is 4.79 Å². The number of aliphatic carboxylic acids is 1. The van der Waals surface area contributed by atoms with Crippen LogP contribution in [0, 0.1) is 11.6 Å². The maximum atomic E-state index is 13.5. The minimum absolute atomic E-state index is 0.0400. The van der Waals surface area contributed by atoms with Crippen LogP contribution in [0.3, 0.4) is 0 Å². The van der Waals surface area contributed by atoms with E-state index in [4.69, 9.17) is 20.3 Å². The van der Waals surface area contributed by atoms with Crippen molar-refractivity contribution in [2.45, 2.75) is 6.04 Å². The zero-order valence-electron chi connectivity index (χ0n) is 8.57. The van der Waals surface area contributed by atoms with Gasteiger partial charge in [0, 0.05) is 6.07 Å². The molecule has 1 aliphatic rings. The summed E-state index contributed by atoms with van der Waals surface area (Å²) in [5.41, 5.74) is 4.75. The standard InChI is InChI=1S/C10H9F2NO4/c11-4-3-5-9(17-2-1-16-5)6(7(4)12)8(13)10(14)15/h3,8H,1-2,13H2,(H,14,15). The van der Waals surface area contributed by atoms with E-state index in [0.717, 1.165) is 6.07 Å². The molecule has 0 fully saturated rings. The Morgan fingerprint density at radius 3 is 2.71 bits per heavy atom. The van der Waals surface area contributed by atoms with E-state index < -0.39 is 29.2 Å². The minimum Gasteiger partial charge on any atom is -0.486 e. The molecule has 0 saturated carbocycles. The Labute approximate surface area is 94.7 Å². The second-order valence-corrected chi connectivity index (χ2v) is 3.43. The van der Waals surface area contributed by atoms with Crippen molar-refractivity contribution in [2.75, 3.05) is 13.2 Å². The molecule has 0 radical (unpaired) electrons. The van der Waals surface area contributed by atoms with Gasteiger partial charge in [-0.15, -0.1) is 0 Å². The van der Waals surface area contributed by atoms with Crippen molar-refractivity contribution < 1.29 is 28.2 Å². The third-order valence-corrected chi connectivity index (χ3v) is 2.34. The number of rotatable bonds is 2. The van der Waals surface area contributed by atoms with Crippen molar-refractivity contribution >= 4 is 5.97 Å². The van der Waals surface area contributed by atoms with E-state index >= 15 is 0 Å². The number of fused-ring (bicyclic) bond motifs is 1. The van der Waals surface area contributed by atoms with Crippen molar-refractivity contribution in [3.05, 3.63) is 23.3 Å². The van der Waals surface area contributed by atoms with Gasteiger partial charge in [-0.1, -0.05) is 0 Å². The second-order valence-electron chi connectivity index (χ2n) is 3.43. The smallest absolute Gasteiger partial charge is 0.325 e. The fourth-order valence-electron chi connectivity index (χ4n) is 1.56. The van der Waals surface area contributed by atoms with Gasteiger partial charge in [0.15, 0.2) is 23.1 Å². The average Bonchev–Trinajstić information content (AvgIpc) is 2.30. The highest BCUT2D eigenvalue weighted by atomic mass is 19.2. The van der Waals surface area contributed by atoms with Gasteiger partial charge in [0.1, 0.15) is 19.3 Å². The molecule has 5 nitrogen and oxygen atoms in total. The number of nitrogens with two attached hydrogens (primary N) is 1. The maximum Gasteiger partial charge on any atom is 0.325 e. The molecule has 0 aliphatic carbocycles. The molecule has 1 aromatic rings. The van der Waals surface area contributed by atoms with Crippen molar-refractivity contribution in [1.29, 1.82) is 0 Å². The van der Waals surface area contributed by atoms with E-state index in [-0.39, 0.29) is 24.7 Å². The number of ether oxygens (including phenoxy) is 2. The van der Waals surface area contributed by atoms with E-state index in [1.54, 1.807) is 0 Å². The number of benzene rings is 1. The Bertz CT molecular complexity index is 478. The molecule has 0 amide bonds. The van der Waals surface area contributed by atoms with Gasteiger partial charge in [-0.25, -0.2) is 8.78 Å². The number of hydrogen-bond acceptors (Lipinski definition) is 4. The number of carboxylic acid groups (broad SMARTS) is 1. The van der Waals surface area contributed by atoms with E-state index in [1.165, 1.54) is 0 Å². The Morgan fingerprint density at radius 2 is 2.06 bits per heavy atom. The topological polar surface area (TPSA) is 81.8 Å². The highest BCUT2D eigenvalue weighted by Crippen LogP contribution is 2.39. The average molecular weight is 245 g/mol. The van der Waals surface area contributed by atoms with E-state index in [0.29, 0.717) is 0 Å². The lowest BCUT2D eigenvalue weighted by molar-refractivity contribution is -0.138. The molecule has 3 N–H and O–H groups in total. The van der Waals surface area contributed by atoms with Crippen LogP contribution in [0.1, 0.15) is 11.6 Å². The molecule has 1 heterocycles. The van der Waals surface area contributed by atoms with Crippen LogP contribution < -0.4 is 15.2 Å². The van der Waals surface area contributed by atoms with Gasteiger partial charge in [0.2, 0.25) is 0 Å². The Kier molecular flexibility index (Phi) is 2.84. The predicted molar refractivity (Wildman–Crippen MR) is 51.9 cm³/mol. The SMILES string of the molecule is NC(C(=O)O)c1c(F)c(F)cc2c1OCCO2. The lowest BCUT2D eigenvalue weighted by atomic mass is 10.0. The zero-order valence-corrected chi connectivity index (χ0v) is 8.57. The third-order valence-electron chi connectivity index (χ3n) is 2.34. The number of hydrogen-bond donors (Lipinski definition) is 2. The van der Waals surface area contributed by atoms with Gasteiger partial charge in [-0.05, 0) is 0 Å². The number of carboxylic acids is 1. The molecule has 92 valence electrons. The van der Waals surface area contributed by atoms with Gasteiger partial charge >= 0.3 is 5.97 Å². The molecule has 1 aromatic carbocycles. The monoisotopic (exact) mass is 245 g/mol. The summed E-state index contributed by atoms with van der Waals surface area (Å²) in [4.78, 5) is 10.7. The van der Waals surface area contributed by atoms with Crippen LogP contribution in [0.4, 0.5) is 8.78 Å². The first-order chi connectivity index (χ1) is 8.02. The molecule has 17 heavy (non-hydrogen) atoms. The van der Waals surface area contributed by atoms with Crippen molar-refractivity contribution in [2.24, 2.45) is 5.73 Å². The van der Waals surface area contributed by atoms with E-state index in [1.807, 2.05) is 0 Å². The molecular weight excluding hydrogens is 236 g/mol. The van der Waals surface area contributed by atoms with Gasteiger partial charge in [0.05, 0.1) is 5.56 Å². The molecular formula is C10H9F2NO4. The largest absolute Gasteiger partial charge is 0.486 e. The van der Waals surface area contributed by atoms with Crippen LogP contribution >= 0.6 is 0 Å². The zero-order chi connectivity index (χ0) is 12.6. The maximum absolute atomic E-state index is 13.5. The highest BCUT2D eigenvalue weighted by molar-refractivity contribution is 5.77. The Morgan fingerprint density at radius 1 is 1.41 bits per heavy atom. The highest BCUT2D eigenvalue weighted by Gasteiger charge is 2.30. The number of carbonyl (C=O) groups is 1. The first kappa shape index (κ1) is 11.6. The molecule has 0 saturated heterocycles. The summed E-state index contributed by atoms with van der Waals surface area (Å²) < 4.78 is 36.9. The van der Waals surface area contributed by atoms with Crippen LogP contribution in [0.15, 0.2) is 6.07 Å². The van der Waals surface area contributed by atoms with E-state index in [2.05, 4.69) is 0 Å². The molecule has 2 rings (SSSR count). The van der Waals surface area contributed by atoms with Crippen molar-refractivity contribution in [3.8, 4) is 11.5 Å².